The fourth-order valence-corrected chi connectivity index (χ4v) is 2.29. The largest absolute Gasteiger partial charge is 0.360 e. The van der Waals surface area contributed by atoms with Crippen LogP contribution in [0.4, 0.5) is 4.39 Å². The lowest BCUT2D eigenvalue weighted by atomic mass is 10.0. The van der Waals surface area contributed by atoms with E-state index >= 15 is 0 Å². The lowest BCUT2D eigenvalue weighted by Crippen LogP contribution is -2.29. The van der Waals surface area contributed by atoms with E-state index in [-0.39, 0.29) is 27.9 Å². The number of halogens is 2. The molecule has 0 fully saturated rings. The Morgan fingerprint density at radius 3 is 2.91 bits per heavy atom. The van der Waals surface area contributed by atoms with Crippen LogP contribution in [-0.2, 0) is 0 Å². The van der Waals surface area contributed by atoms with Crippen molar-refractivity contribution in [3.63, 3.8) is 0 Å². The third-order valence-electron chi connectivity index (χ3n) is 3.17. The lowest BCUT2D eigenvalue weighted by molar-refractivity contribution is 0.0952. The molecule has 0 radical (unpaired) electrons. The molecular weight excluding hydrogens is 309 g/mol. The highest BCUT2D eigenvalue weighted by Crippen LogP contribution is 2.33. The Morgan fingerprint density at radius 1 is 1.55 bits per heavy atom. The van der Waals surface area contributed by atoms with Crippen molar-refractivity contribution in [2.24, 2.45) is 5.73 Å². The van der Waals surface area contributed by atoms with Crippen LogP contribution in [0.5, 0.6) is 0 Å². The Bertz CT molecular complexity index is 665. The molecule has 3 N–H and O–H groups in total. The maximum Gasteiger partial charge on any atom is 0.257 e. The van der Waals surface area contributed by atoms with Crippen LogP contribution >= 0.6 is 11.6 Å². The van der Waals surface area contributed by atoms with Crippen molar-refractivity contribution < 1.29 is 13.7 Å². The number of hydrogen-bond acceptors (Lipinski definition) is 4. The molecule has 0 aliphatic carbocycles. The van der Waals surface area contributed by atoms with Crippen molar-refractivity contribution in [3.05, 3.63) is 40.4 Å². The van der Waals surface area contributed by atoms with Crippen LogP contribution in [-0.4, -0.2) is 23.7 Å². The normalized spacial score (nSPS) is 12.2. The summed E-state index contributed by atoms with van der Waals surface area (Å²) in [6.07, 6.45) is 0.631. The van der Waals surface area contributed by atoms with Crippen LogP contribution in [0.25, 0.3) is 11.3 Å². The molecule has 0 spiro atoms. The SMILES string of the molecule is Cc1onc(-c2c(F)cccc2Cl)c1C(=O)NCCC(C)N. The minimum atomic E-state index is -0.564. The van der Waals surface area contributed by atoms with Gasteiger partial charge in [0.25, 0.3) is 5.91 Å². The number of nitrogens with zero attached hydrogens (tertiary/aromatic N) is 1. The van der Waals surface area contributed by atoms with Gasteiger partial charge in [0.1, 0.15) is 22.8 Å². The predicted molar refractivity (Wildman–Crippen MR) is 82.2 cm³/mol. The standard InChI is InChI=1S/C15H17ClFN3O2/c1-8(18)6-7-19-15(21)12-9(2)22-20-14(12)13-10(16)4-3-5-11(13)17/h3-5,8H,6-7,18H2,1-2H3,(H,19,21). The van der Waals surface area contributed by atoms with Crippen molar-refractivity contribution in [1.29, 1.82) is 0 Å². The first-order chi connectivity index (χ1) is 10.4. The molecular formula is C15H17ClFN3O2. The lowest BCUT2D eigenvalue weighted by Gasteiger charge is -2.08. The van der Waals surface area contributed by atoms with E-state index in [4.69, 9.17) is 21.9 Å². The first-order valence-corrected chi connectivity index (χ1v) is 7.24. The first-order valence-electron chi connectivity index (χ1n) is 6.86. The van der Waals surface area contributed by atoms with E-state index in [1.54, 1.807) is 6.92 Å². The van der Waals surface area contributed by atoms with Crippen molar-refractivity contribution in [1.82, 2.24) is 10.5 Å². The van der Waals surface area contributed by atoms with Gasteiger partial charge in [0.2, 0.25) is 0 Å². The number of amides is 1. The van der Waals surface area contributed by atoms with Crippen LogP contribution in [0.15, 0.2) is 22.7 Å². The molecule has 0 saturated heterocycles. The van der Waals surface area contributed by atoms with Gasteiger partial charge in [-0.3, -0.25) is 4.79 Å². The molecule has 0 saturated carbocycles. The van der Waals surface area contributed by atoms with Crippen LogP contribution < -0.4 is 11.1 Å². The zero-order chi connectivity index (χ0) is 16.3. The molecule has 1 amide bonds. The molecule has 0 bridgehead atoms. The minimum absolute atomic E-state index is 0.0237. The number of carbonyl (C=O) groups excluding carboxylic acids is 1. The molecule has 2 rings (SSSR count). The summed E-state index contributed by atoms with van der Waals surface area (Å²) in [4.78, 5) is 12.3. The fraction of sp³-hybridized carbons (Fsp3) is 0.333. The molecule has 1 heterocycles. The Labute approximate surface area is 132 Å². The predicted octanol–water partition coefficient (Wildman–Crippen LogP) is 2.91. The number of nitrogens with two attached hydrogens (primary N) is 1. The smallest absolute Gasteiger partial charge is 0.257 e. The van der Waals surface area contributed by atoms with E-state index in [2.05, 4.69) is 10.5 Å². The van der Waals surface area contributed by atoms with Crippen molar-refractivity contribution in [2.45, 2.75) is 26.3 Å². The molecule has 1 aromatic carbocycles. The number of rotatable bonds is 5. The Balaban J connectivity index is 2.34. The second-order valence-electron chi connectivity index (χ2n) is 5.08. The second-order valence-corrected chi connectivity index (χ2v) is 5.49. The van der Waals surface area contributed by atoms with Crippen molar-refractivity contribution in [3.8, 4) is 11.3 Å². The number of nitrogens with one attached hydrogen (secondary N) is 1. The minimum Gasteiger partial charge on any atom is -0.360 e. The van der Waals surface area contributed by atoms with Gasteiger partial charge in [-0.2, -0.15) is 0 Å². The molecule has 0 aliphatic rings. The number of aryl methyl sites for hydroxylation is 1. The molecule has 2 aromatic rings. The van der Waals surface area contributed by atoms with Crippen molar-refractivity contribution in [2.75, 3.05) is 6.54 Å². The van der Waals surface area contributed by atoms with Gasteiger partial charge in [-0.1, -0.05) is 22.8 Å². The summed E-state index contributed by atoms with van der Waals surface area (Å²) in [6.45, 7) is 3.85. The van der Waals surface area contributed by atoms with Gasteiger partial charge in [0.05, 0.1) is 10.6 Å². The van der Waals surface area contributed by atoms with Gasteiger partial charge in [0, 0.05) is 12.6 Å². The van der Waals surface area contributed by atoms with E-state index in [0.29, 0.717) is 18.7 Å². The summed E-state index contributed by atoms with van der Waals surface area (Å²) in [6, 6.07) is 4.24. The van der Waals surface area contributed by atoms with Crippen LogP contribution in [0.3, 0.4) is 0 Å². The molecule has 1 atom stereocenters. The van der Waals surface area contributed by atoms with Crippen LogP contribution in [0.1, 0.15) is 29.5 Å². The van der Waals surface area contributed by atoms with Gasteiger partial charge in [-0.15, -0.1) is 0 Å². The molecule has 7 heteroatoms. The number of benzene rings is 1. The summed E-state index contributed by atoms with van der Waals surface area (Å²) in [5, 5.41) is 6.67. The highest BCUT2D eigenvalue weighted by Gasteiger charge is 2.25. The third kappa shape index (κ3) is 3.45. The zero-order valence-corrected chi connectivity index (χ0v) is 13.1. The topological polar surface area (TPSA) is 81.2 Å². The van der Waals surface area contributed by atoms with E-state index < -0.39 is 11.7 Å². The highest BCUT2D eigenvalue weighted by atomic mass is 35.5. The average Bonchev–Trinajstić information content (AvgIpc) is 2.80. The van der Waals surface area contributed by atoms with E-state index in [0.717, 1.165) is 0 Å². The fourth-order valence-electron chi connectivity index (χ4n) is 2.04. The Hall–Kier alpha value is -1.92. The van der Waals surface area contributed by atoms with Crippen LogP contribution in [0, 0.1) is 12.7 Å². The van der Waals surface area contributed by atoms with Gasteiger partial charge in [-0.25, -0.2) is 4.39 Å². The maximum absolute atomic E-state index is 14.0. The average molecular weight is 326 g/mol. The molecule has 5 nitrogen and oxygen atoms in total. The maximum atomic E-state index is 14.0. The molecule has 118 valence electrons. The Kier molecular flexibility index (Phi) is 5.15. The number of aromatic nitrogens is 1. The van der Waals surface area contributed by atoms with Gasteiger partial charge in [-0.05, 0) is 32.4 Å². The molecule has 1 unspecified atom stereocenters. The summed E-state index contributed by atoms with van der Waals surface area (Å²) < 4.78 is 19.1. The number of hydrogen-bond donors (Lipinski definition) is 2. The van der Waals surface area contributed by atoms with Gasteiger partial charge < -0.3 is 15.6 Å². The van der Waals surface area contributed by atoms with E-state index in [1.165, 1.54) is 18.2 Å². The highest BCUT2D eigenvalue weighted by molar-refractivity contribution is 6.33. The quantitative estimate of drug-likeness (QED) is 0.885. The number of carbonyl (C=O) groups is 1. The van der Waals surface area contributed by atoms with Crippen LogP contribution in [0.2, 0.25) is 5.02 Å². The molecule has 22 heavy (non-hydrogen) atoms. The summed E-state index contributed by atoms with van der Waals surface area (Å²) >= 11 is 6.03. The van der Waals surface area contributed by atoms with E-state index in [9.17, 15) is 9.18 Å². The monoisotopic (exact) mass is 325 g/mol. The summed E-state index contributed by atoms with van der Waals surface area (Å²) in [7, 11) is 0. The third-order valence-corrected chi connectivity index (χ3v) is 3.49. The van der Waals surface area contributed by atoms with Crippen molar-refractivity contribution >= 4 is 17.5 Å². The zero-order valence-electron chi connectivity index (χ0n) is 12.3. The molecule has 0 aliphatic heterocycles. The summed E-state index contributed by atoms with van der Waals surface area (Å²) in [5.41, 5.74) is 5.97. The van der Waals surface area contributed by atoms with E-state index in [1.807, 2.05) is 6.92 Å². The summed E-state index contributed by atoms with van der Waals surface area (Å²) in [5.74, 6) is -0.660. The van der Waals surface area contributed by atoms with Gasteiger partial charge in [0.15, 0.2) is 0 Å². The first kappa shape index (κ1) is 16.5. The Morgan fingerprint density at radius 2 is 2.27 bits per heavy atom. The van der Waals surface area contributed by atoms with Gasteiger partial charge >= 0.3 is 0 Å². The second kappa shape index (κ2) is 6.89. The molecule has 1 aromatic heterocycles.